The average Bonchev–Trinajstić information content (AvgIpc) is 2.54. The van der Waals surface area contributed by atoms with Gasteiger partial charge in [-0.25, -0.2) is 4.79 Å². The number of hydrogen-bond donors (Lipinski definition) is 1. The maximum atomic E-state index is 12.4. The number of amides is 1. The van der Waals surface area contributed by atoms with Crippen molar-refractivity contribution in [1.82, 2.24) is 4.90 Å². The third-order valence-electron chi connectivity index (χ3n) is 3.42. The number of rotatable bonds is 5. The van der Waals surface area contributed by atoms with Crippen LogP contribution < -0.4 is 4.74 Å². The molecule has 1 amide bonds. The second kappa shape index (κ2) is 7.51. The third-order valence-corrected chi connectivity index (χ3v) is 4.16. The molecule has 1 aromatic rings. The number of ether oxygens (including phenoxy) is 2. The quantitative estimate of drug-likeness (QED) is 0.827. The molecule has 1 aliphatic rings. The molecule has 6 nitrogen and oxygen atoms in total. The largest absolute Gasteiger partial charge is 0.481 e. The van der Waals surface area contributed by atoms with Crippen molar-refractivity contribution >= 4 is 23.6 Å². The first kappa shape index (κ1) is 16.6. The van der Waals surface area contributed by atoms with Crippen LogP contribution in [0.25, 0.3) is 0 Å². The lowest BCUT2D eigenvalue weighted by Crippen LogP contribution is -2.55. The summed E-state index contributed by atoms with van der Waals surface area (Å²) >= 11 is 1.62. The second-order valence-corrected chi connectivity index (χ2v) is 5.78. The van der Waals surface area contributed by atoms with Crippen molar-refractivity contribution in [3.63, 3.8) is 0 Å². The van der Waals surface area contributed by atoms with Crippen LogP contribution >= 0.6 is 11.8 Å². The molecule has 1 saturated heterocycles. The van der Waals surface area contributed by atoms with E-state index in [0.29, 0.717) is 12.4 Å². The Morgan fingerprint density at radius 3 is 2.68 bits per heavy atom. The van der Waals surface area contributed by atoms with E-state index in [1.165, 1.54) is 4.90 Å². The minimum Gasteiger partial charge on any atom is -0.481 e. The molecule has 0 saturated carbocycles. The van der Waals surface area contributed by atoms with Crippen molar-refractivity contribution in [2.45, 2.75) is 24.0 Å². The maximum Gasteiger partial charge on any atom is 0.328 e. The monoisotopic (exact) mass is 325 g/mol. The molecule has 1 N–H and O–H groups in total. The molecular formula is C15H19NO5S. The first-order valence-corrected chi connectivity index (χ1v) is 8.17. The molecule has 0 aliphatic carbocycles. The van der Waals surface area contributed by atoms with Crippen LogP contribution in [-0.2, 0) is 14.3 Å². The van der Waals surface area contributed by atoms with Crippen molar-refractivity contribution < 1.29 is 24.2 Å². The molecule has 0 bridgehead atoms. The Morgan fingerprint density at radius 1 is 1.41 bits per heavy atom. The predicted octanol–water partition coefficient (Wildman–Crippen LogP) is 1.49. The van der Waals surface area contributed by atoms with Crippen LogP contribution in [-0.4, -0.2) is 60.0 Å². The van der Waals surface area contributed by atoms with Crippen molar-refractivity contribution in [1.29, 1.82) is 0 Å². The topological polar surface area (TPSA) is 76.1 Å². The Labute approximate surface area is 133 Å². The Kier molecular flexibility index (Phi) is 5.68. The fourth-order valence-electron chi connectivity index (χ4n) is 2.21. The van der Waals surface area contributed by atoms with E-state index >= 15 is 0 Å². The number of carboxylic acids is 1. The van der Waals surface area contributed by atoms with E-state index in [1.807, 2.05) is 18.4 Å². The standard InChI is InChI=1S/C15H19NO5S/c1-10(21-11-3-5-12(22-2)6-4-11)14(17)16-7-8-20-9-13(16)15(18)19/h3-6,10,13H,7-9H2,1-2H3,(H,18,19). The summed E-state index contributed by atoms with van der Waals surface area (Å²) in [6.45, 7) is 2.23. The number of thioether (sulfide) groups is 1. The number of hydrogen-bond acceptors (Lipinski definition) is 5. The van der Waals surface area contributed by atoms with Crippen molar-refractivity contribution in [3.8, 4) is 5.75 Å². The van der Waals surface area contributed by atoms with E-state index in [4.69, 9.17) is 14.6 Å². The molecule has 1 heterocycles. The van der Waals surface area contributed by atoms with Crippen LogP contribution in [0.3, 0.4) is 0 Å². The number of carbonyl (C=O) groups is 2. The van der Waals surface area contributed by atoms with E-state index in [0.717, 1.165) is 4.90 Å². The highest BCUT2D eigenvalue weighted by Gasteiger charge is 2.35. The summed E-state index contributed by atoms with van der Waals surface area (Å²) in [4.78, 5) is 26.0. The summed E-state index contributed by atoms with van der Waals surface area (Å²) in [7, 11) is 0. The lowest BCUT2D eigenvalue weighted by Gasteiger charge is -2.34. The Morgan fingerprint density at radius 2 is 2.09 bits per heavy atom. The number of benzene rings is 1. The van der Waals surface area contributed by atoms with Gasteiger partial charge in [-0.05, 0) is 37.4 Å². The minimum atomic E-state index is -1.07. The molecule has 120 valence electrons. The lowest BCUT2D eigenvalue weighted by molar-refractivity contribution is -0.161. The summed E-state index contributed by atoms with van der Waals surface area (Å²) in [6.07, 6.45) is 1.23. The lowest BCUT2D eigenvalue weighted by atomic mass is 10.2. The number of carboxylic acid groups (broad SMARTS) is 1. The second-order valence-electron chi connectivity index (χ2n) is 4.90. The van der Waals surface area contributed by atoms with E-state index in [9.17, 15) is 9.59 Å². The molecule has 1 aliphatic heterocycles. The highest BCUT2D eigenvalue weighted by molar-refractivity contribution is 7.98. The van der Waals surface area contributed by atoms with Gasteiger partial charge < -0.3 is 19.5 Å². The van der Waals surface area contributed by atoms with Gasteiger partial charge in [0, 0.05) is 11.4 Å². The summed E-state index contributed by atoms with van der Waals surface area (Å²) in [5.41, 5.74) is 0. The maximum absolute atomic E-state index is 12.4. The highest BCUT2D eigenvalue weighted by Crippen LogP contribution is 2.20. The van der Waals surface area contributed by atoms with E-state index in [1.54, 1.807) is 30.8 Å². The van der Waals surface area contributed by atoms with E-state index in [-0.39, 0.29) is 19.1 Å². The zero-order chi connectivity index (χ0) is 16.1. The molecule has 2 rings (SSSR count). The number of aliphatic carboxylic acids is 1. The fraction of sp³-hybridized carbons (Fsp3) is 0.467. The van der Waals surface area contributed by atoms with Gasteiger partial charge in [-0.2, -0.15) is 0 Å². The first-order chi connectivity index (χ1) is 10.5. The van der Waals surface area contributed by atoms with Gasteiger partial charge in [-0.3, -0.25) is 4.79 Å². The van der Waals surface area contributed by atoms with Crippen LogP contribution in [0, 0.1) is 0 Å². The van der Waals surface area contributed by atoms with E-state index < -0.39 is 18.1 Å². The molecule has 0 aromatic heterocycles. The van der Waals surface area contributed by atoms with Gasteiger partial charge >= 0.3 is 5.97 Å². The Hall–Kier alpha value is -1.73. The molecular weight excluding hydrogens is 306 g/mol. The van der Waals surface area contributed by atoms with Gasteiger partial charge in [-0.15, -0.1) is 11.8 Å². The van der Waals surface area contributed by atoms with Gasteiger partial charge in [0.1, 0.15) is 5.75 Å². The molecule has 2 unspecified atom stereocenters. The molecule has 0 spiro atoms. The SMILES string of the molecule is CSc1ccc(OC(C)C(=O)N2CCOCC2C(=O)O)cc1. The average molecular weight is 325 g/mol. The van der Waals surface area contributed by atoms with Crippen LogP contribution in [0.4, 0.5) is 0 Å². The zero-order valence-electron chi connectivity index (χ0n) is 12.5. The molecule has 1 aromatic carbocycles. The van der Waals surface area contributed by atoms with Gasteiger partial charge in [0.2, 0.25) is 0 Å². The van der Waals surface area contributed by atoms with Crippen LogP contribution in [0.2, 0.25) is 0 Å². The van der Waals surface area contributed by atoms with Crippen molar-refractivity contribution in [2.24, 2.45) is 0 Å². The van der Waals surface area contributed by atoms with Gasteiger partial charge in [-0.1, -0.05) is 0 Å². The van der Waals surface area contributed by atoms with Gasteiger partial charge in [0.15, 0.2) is 12.1 Å². The number of nitrogens with zero attached hydrogens (tertiary/aromatic N) is 1. The normalized spacial score (nSPS) is 19.5. The molecule has 1 fully saturated rings. The molecule has 2 atom stereocenters. The highest BCUT2D eigenvalue weighted by atomic mass is 32.2. The molecule has 7 heteroatoms. The minimum absolute atomic E-state index is 0.0101. The predicted molar refractivity (Wildman–Crippen MR) is 82.3 cm³/mol. The summed E-state index contributed by atoms with van der Waals surface area (Å²) in [5, 5.41) is 9.17. The van der Waals surface area contributed by atoms with E-state index in [2.05, 4.69) is 0 Å². The molecule has 0 radical (unpaired) electrons. The number of morpholine rings is 1. The third kappa shape index (κ3) is 3.92. The van der Waals surface area contributed by atoms with Crippen molar-refractivity contribution in [2.75, 3.05) is 26.0 Å². The first-order valence-electron chi connectivity index (χ1n) is 6.94. The fourth-order valence-corrected chi connectivity index (χ4v) is 2.62. The summed E-state index contributed by atoms with van der Waals surface area (Å²) in [5.74, 6) is -0.826. The molecule has 22 heavy (non-hydrogen) atoms. The Balaban J connectivity index is 2.02. The summed E-state index contributed by atoms with van der Waals surface area (Å²) < 4.78 is 10.8. The van der Waals surface area contributed by atoms with Crippen LogP contribution in [0.15, 0.2) is 29.2 Å². The Bertz CT molecular complexity index is 533. The zero-order valence-corrected chi connectivity index (χ0v) is 13.3. The smallest absolute Gasteiger partial charge is 0.328 e. The number of carbonyl (C=O) groups excluding carboxylic acids is 1. The van der Waals surface area contributed by atoms with Gasteiger partial charge in [0.05, 0.1) is 13.2 Å². The van der Waals surface area contributed by atoms with Gasteiger partial charge in [0.25, 0.3) is 5.91 Å². The van der Waals surface area contributed by atoms with Crippen molar-refractivity contribution in [3.05, 3.63) is 24.3 Å². The van der Waals surface area contributed by atoms with Crippen LogP contribution in [0.1, 0.15) is 6.92 Å². The van der Waals surface area contributed by atoms with Crippen LogP contribution in [0.5, 0.6) is 5.75 Å². The summed E-state index contributed by atoms with van der Waals surface area (Å²) in [6, 6.07) is 6.46.